The molecule has 0 amide bonds. The Kier molecular flexibility index (Phi) is 6.60. The van der Waals surface area contributed by atoms with E-state index in [2.05, 4.69) is 44.3 Å². The Labute approximate surface area is 105 Å². The van der Waals surface area contributed by atoms with E-state index in [1.54, 1.807) is 0 Å². The van der Waals surface area contributed by atoms with Gasteiger partial charge in [0.2, 0.25) is 0 Å². The predicted octanol–water partition coefficient (Wildman–Crippen LogP) is 3.15. The monoisotopic (exact) mass is 233 g/mol. The van der Waals surface area contributed by atoms with Gasteiger partial charge in [0.25, 0.3) is 0 Å². The first kappa shape index (κ1) is 13.9. The zero-order valence-electron chi connectivity index (χ0n) is 11.1. The molecule has 1 N–H and O–H groups in total. The molecule has 0 aromatic heterocycles. The average molecular weight is 233 g/mol. The highest BCUT2D eigenvalue weighted by atomic mass is 16.5. The summed E-state index contributed by atoms with van der Waals surface area (Å²) in [4.78, 5) is 0. The van der Waals surface area contributed by atoms with E-state index < -0.39 is 0 Å². The van der Waals surface area contributed by atoms with Gasteiger partial charge in [-0.1, -0.05) is 48.9 Å². The minimum atomic E-state index is 0.314. The van der Waals surface area contributed by atoms with Crippen molar-refractivity contribution in [2.75, 3.05) is 13.2 Å². The summed E-state index contributed by atoms with van der Waals surface area (Å²) < 4.78 is 5.73. The fourth-order valence-electron chi connectivity index (χ4n) is 1.71. The standard InChI is InChI=1S/C15H23NO/c1-4-16-15(10-13(2)3)12-17-11-14-8-6-5-7-9-14/h5-10,15-16H,4,11-12H2,1-3H3. The SMILES string of the molecule is CCNC(C=C(C)C)COCc1ccccc1. The van der Waals surface area contributed by atoms with E-state index in [-0.39, 0.29) is 0 Å². The maximum Gasteiger partial charge on any atom is 0.0717 e. The van der Waals surface area contributed by atoms with E-state index >= 15 is 0 Å². The zero-order valence-corrected chi connectivity index (χ0v) is 11.1. The van der Waals surface area contributed by atoms with Crippen molar-refractivity contribution < 1.29 is 4.74 Å². The third-order valence-corrected chi connectivity index (χ3v) is 2.41. The van der Waals surface area contributed by atoms with E-state index in [1.807, 2.05) is 18.2 Å². The highest BCUT2D eigenvalue weighted by Crippen LogP contribution is 2.02. The molecule has 1 aromatic carbocycles. The van der Waals surface area contributed by atoms with E-state index in [0.717, 1.165) is 6.54 Å². The molecule has 0 aliphatic rings. The Morgan fingerprint density at radius 2 is 2.00 bits per heavy atom. The first-order chi connectivity index (χ1) is 8.22. The molecule has 0 aliphatic heterocycles. The number of benzene rings is 1. The topological polar surface area (TPSA) is 21.3 Å². The van der Waals surface area contributed by atoms with Crippen LogP contribution in [-0.4, -0.2) is 19.2 Å². The van der Waals surface area contributed by atoms with E-state index in [0.29, 0.717) is 19.3 Å². The zero-order chi connectivity index (χ0) is 12.5. The molecule has 0 aliphatic carbocycles. The van der Waals surface area contributed by atoms with Crippen LogP contribution in [0.1, 0.15) is 26.3 Å². The summed E-state index contributed by atoms with van der Waals surface area (Å²) in [7, 11) is 0. The summed E-state index contributed by atoms with van der Waals surface area (Å²) >= 11 is 0. The van der Waals surface area contributed by atoms with Crippen molar-refractivity contribution in [3.63, 3.8) is 0 Å². The first-order valence-electron chi connectivity index (χ1n) is 6.22. The lowest BCUT2D eigenvalue weighted by atomic mass is 10.2. The predicted molar refractivity (Wildman–Crippen MR) is 73.0 cm³/mol. The quantitative estimate of drug-likeness (QED) is 0.730. The van der Waals surface area contributed by atoms with Gasteiger partial charge in [-0.3, -0.25) is 0 Å². The Hall–Kier alpha value is -1.12. The number of nitrogens with one attached hydrogen (secondary N) is 1. The maximum absolute atomic E-state index is 5.73. The average Bonchev–Trinajstić information content (AvgIpc) is 2.30. The van der Waals surface area contributed by atoms with Crippen molar-refractivity contribution in [1.82, 2.24) is 5.32 Å². The highest BCUT2D eigenvalue weighted by Gasteiger charge is 2.03. The molecular weight excluding hydrogens is 210 g/mol. The van der Waals surface area contributed by atoms with Crippen molar-refractivity contribution >= 4 is 0 Å². The summed E-state index contributed by atoms with van der Waals surface area (Å²) in [6.07, 6.45) is 2.22. The molecule has 1 rings (SSSR count). The van der Waals surface area contributed by atoms with Crippen molar-refractivity contribution in [2.45, 2.75) is 33.4 Å². The van der Waals surface area contributed by atoms with Crippen molar-refractivity contribution in [3.8, 4) is 0 Å². The van der Waals surface area contributed by atoms with Crippen LogP contribution in [0.3, 0.4) is 0 Å². The molecule has 0 heterocycles. The molecule has 1 aromatic rings. The summed E-state index contributed by atoms with van der Waals surface area (Å²) in [6.45, 7) is 8.70. The molecule has 2 heteroatoms. The van der Waals surface area contributed by atoms with Gasteiger partial charge < -0.3 is 10.1 Å². The van der Waals surface area contributed by atoms with Crippen LogP contribution < -0.4 is 5.32 Å². The van der Waals surface area contributed by atoms with Crippen LogP contribution >= 0.6 is 0 Å². The second-order valence-electron chi connectivity index (χ2n) is 4.41. The van der Waals surface area contributed by atoms with Gasteiger partial charge in [-0.2, -0.15) is 0 Å². The van der Waals surface area contributed by atoms with Crippen LogP contribution in [0.4, 0.5) is 0 Å². The molecule has 17 heavy (non-hydrogen) atoms. The van der Waals surface area contributed by atoms with Gasteiger partial charge in [0.1, 0.15) is 0 Å². The second kappa shape index (κ2) is 8.04. The number of hydrogen-bond acceptors (Lipinski definition) is 2. The summed E-state index contributed by atoms with van der Waals surface area (Å²) in [5, 5.41) is 3.40. The van der Waals surface area contributed by atoms with Gasteiger partial charge in [0.15, 0.2) is 0 Å². The lowest BCUT2D eigenvalue weighted by Crippen LogP contribution is -2.31. The van der Waals surface area contributed by atoms with Gasteiger partial charge in [0.05, 0.1) is 13.2 Å². The molecule has 0 saturated carbocycles. The Balaban J connectivity index is 2.34. The smallest absolute Gasteiger partial charge is 0.0717 e. The highest BCUT2D eigenvalue weighted by molar-refractivity contribution is 5.13. The Morgan fingerprint density at radius 1 is 1.29 bits per heavy atom. The normalized spacial score (nSPS) is 12.2. The van der Waals surface area contributed by atoms with E-state index in [1.165, 1.54) is 11.1 Å². The lowest BCUT2D eigenvalue weighted by molar-refractivity contribution is 0.109. The van der Waals surface area contributed by atoms with Crippen molar-refractivity contribution in [3.05, 3.63) is 47.5 Å². The molecule has 1 atom stereocenters. The molecule has 0 spiro atoms. The van der Waals surface area contributed by atoms with Crippen LogP contribution in [0, 0.1) is 0 Å². The van der Waals surface area contributed by atoms with Crippen LogP contribution in [0.15, 0.2) is 42.0 Å². The molecule has 94 valence electrons. The van der Waals surface area contributed by atoms with E-state index in [9.17, 15) is 0 Å². The van der Waals surface area contributed by atoms with Gasteiger partial charge in [-0.05, 0) is 26.0 Å². The van der Waals surface area contributed by atoms with Gasteiger partial charge in [0, 0.05) is 6.04 Å². The third-order valence-electron chi connectivity index (χ3n) is 2.41. The maximum atomic E-state index is 5.73. The Bertz CT molecular complexity index is 328. The first-order valence-corrected chi connectivity index (χ1v) is 6.22. The molecule has 1 unspecified atom stereocenters. The van der Waals surface area contributed by atoms with Crippen LogP contribution in [0.5, 0.6) is 0 Å². The molecule has 0 fully saturated rings. The number of allylic oxidation sites excluding steroid dienone is 1. The van der Waals surface area contributed by atoms with Crippen LogP contribution in [0.25, 0.3) is 0 Å². The summed E-state index contributed by atoms with van der Waals surface area (Å²) in [6, 6.07) is 10.6. The Morgan fingerprint density at radius 3 is 2.59 bits per heavy atom. The van der Waals surface area contributed by atoms with Crippen LogP contribution in [0.2, 0.25) is 0 Å². The number of likely N-dealkylation sites (N-methyl/N-ethyl adjacent to an activating group) is 1. The van der Waals surface area contributed by atoms with Gasteiger partial charge in [-0.15, -0.1) is 0 Å². The minimum Gasteiger partial charge on any atom is -0.375 e. The molecular formula is C15H23NO. The molecule has 0 radical (unpaired) electrons. The van der Waals surface area contributed by atoms with E-state index in [4.69, 9.17) is 4.74 Å². The largest absolute Gasteiger partial charge is 0.375 e. The summed E-state index contributed by atoms with van der Waals surface area (Å²) in [5.41, 5.74) is 2.54. The number of hydrogen-bond donors (Lipinski definition) is 1. The van der Waals surface area contributed by atoms with Gasteiger partial charge in [-0.25, -0.2) is 0 Å². The third kappa shape index (κ3) is 6.25. The number of ether oxygens (including phenoxy) is 1. The van der Waals surface area contributed by atoms with Crippen molar-refractivity contribution in [2.24, 2.45) is 0 Å². The number of rotatable bonds is 7. The molecule has 2 nitrogen and oxygen atoms in total. The van der Waals surface area contributed by atoms with Crippen molar-refractivity contribution in [1.29, 1.82) is 0 Å². The molecule has 0 saturated heterocycles. The lowest BCUT2D eigenvalue weighted by Gasteiger charge is -2.15. The fourth-order valence-corrected chi connectivity index (χ4v) is 1.71. The fraction of sp³-hybridized carbons (Fsp3) is 0.467. The minimum absolute atomic E-state index is 0.314. The summed E-state index contributed by atoms with van der Waals surface area (Å²) in [5.74, 6) is 0. The van der Waals surface area contributed by atoms with Crippen LogP contribution in [-0.2, 0) is 11.3 Å². The molecule has 0 bridgehead atoms. The van der Waals surface area contributed by atoms with Gasteiger partial charge >= 0.3 is 0 Å². The second-order valence-corrected chi connectivity index (χ2v) is 4.41.